The lowest BCUT2D eigenvalue weighted by atomic mass is 9.65. The minimum atomic E-state index is -0.623. The summed E-state index contributed by atoms with van der Waals surface area (Å²) in [4.78, 5) is 6.95. The summed E-state index contributed by atoms with van der Waals surface area (Å²) in [5.41, 5.74) is 1.13. The van der Waals surface area contributed by atoms with Crippen LogP contribution in [-0.2, 0) is 0 Å². The number of aliphatic hydroxyl groups excluding tert-OH is 1. The molecule has 1 aliphatic rings. The maximum atomic E-state index is 10.4. The SMILES string of the molecule is CCNC(=NCC(O)c1ccc(OC)cc1)N1CC(C)(C)C1(C)C.I. The Hall–Kier alpha value is -1.02. The number of likely N-dealkylation sites (tertiary alicyclic amines) is 1. The number of rotatable bonds is 5. The molecule has 0 spiro atoms. The average Bonchev–Trinajstić information content (AvgIpc) is 2.56. The van der Waals surface area contributed by atoms with Crippen LogP contribution in [0.15, 0.2) is 29.3 Å². The summed E-state index contributed by atoms with van der Waals surface area (Å²) in [5.74, 6) is 1.65. The van der Waals surface area contributed by atoms with E-state index in [2.05, 4.69) is 49.8 Å². The molecule has 1 fully saturated rings. The topological polar surface area (TPSA) is 57.1 Å². The van der Waals surface area contributed by atoms with Crippen LogP contribution in [0, 0.1) is 5.41 Å². The number of methoxy groups -OCH3 is 1. The minimum Gasteiger partial charge on any atom is -0.497 e. The lowest BCUT2D eigenvalue weighted by Gasteiger charge is -2.62. The second kappa shape index (κ2) is 8.58. The maximum Gasteiger partial charge on any atom is 0.194 e. The zero-order chi connectivity index (χ0) is 18.0. The third-order valence-electron chi connectivity index (χ3n) is 5.39. The van der Waals surface area contributed by atoms with Crippen molar-refractivity contribution in [1.82, 2.24) is 10.2 Å². The van der Waals surface area contributed by atoms with E-state index < -0.39 is 6.10 Å². The predicted molar refractivity (Wildman–Crippen MR) is 114 cm³/mol. The fourth-order valence-corrected chi connectivity index (χ4v) is 2.90. The van der Waals surface area contributed by atoms with Crippen molar-refractivity contribution in [3.05, 3.63) is 29.8 Å². The van der Waals surface area contributed by atoms with Gasteiger partial charge in [0.1, 0.15) is 5.75 Å². The Balaban J connectivity index is 0.00000312. The molecule has 0 radical (unpaired) electrons. The quantitative estimate of drug-likeness (QED) is 0.401. The monoisotopic (exact) mass is 461 g/mol. The summed E-state index contributed by atoms with van der Waals surface area (Å²) < 4.78 is 5.15. The molecular weight excluding hydrogens is 429 g/mol. The standard InChI is InChI=1S/C19H31N3O2.HI/c1-7-20-17(22-13-18(2,3)19(22,4)5)21-12-16(23)14-8-10-15(24-6)11-9-14;/h8-11,16,23H,7,12-13H2,1-6H3,(H,20,21);1H. The number of hydrogen-bond donors (Lipinski definition) is 2. The summed E-state index contributed by atoms with van der Waals surface area (Å²) in [7, 11) is 1.63. The van der Waals surface area contributed by atoms with Gasteiger partial charge in [0.25, 0.3) is 0 Å². The van der Waals surface area contributed by atoms with E-state index in [1.807, 2.05) is 24.3 Å². The normalized spacial score (nSPS) is 19.5. The minimum absolute atomic E-state index is 0. The maximum absolute atomic E-state index is 10.4. The van der Waals surface area contributed by atoms with Crippen LogP contribution in [0.2, 0.25) is 0 Å². The molecule has 0 aromatic heterocycles. The Kier molecular flexibility index (Phi) is 7.55. The molecule has 1 aliphatic heterocycles. The Morgan fingerprint density at radius 3 is 2.32 bits per heavy atom. The first-order valence-electron chi connectivity index (χ1n) is 8.61. The summed E-state index contributed by atoms with van der Waals surface area (Å²) >= 11 is 0. The first-order chi connectivity index (χ1) is 11.2. The molecule has 1 aromatic rings. The zero-order valence-corrected chi connectivity index (χ0v) is 18.5. The van der Waals surface area contributed by atoms with Gasteiger partial charge in [0.15, 0.2) is 5.96 Å². The number of guanidine groups is 1. The smallest absolute Gasteiger partial charge is 0.194 e. The van der Waals surface area contributed by atoms with Crippen molar-refractivity contribution in [2.45, 2.75) is 46.3 Å². The van der Waals surface area contributed by atoms with Gasteiger partial charge < -0.3 is 20.1 Å². The number of nitrogens with one attached hydrogen (secondary N) is 1. The third kappa shape index (κ3) is 4.58. The number of ether oxygens (including phenoxy) is 1. The Morgan fingerprint density at radius 1 is 1.28 bits per heavy atom. The number of aliphatic hydroxyl groups is 1. The molecule has 0 bridgehead atoms. The molecule has 142 valence electrons. The lowest BCUT2D eigenvalue weighted by Crippen LogP contribution is -2.72. The van der Waals surface area contributed by atoms with Gasteiger partial charge in [-0.3, -0.25) is 4.99 Å². The van der Waals surface area contributed by atoms with E-state index in [1.165, 1.54) is 0 Å². The number of hydrogen-bond acceptors (Lipinski definition) is 3. The van der Waals surface area contributed by atoms with Gasteiger partial charge in [-0.2, -0.15) is 0 Å². The van der Waals surface area contributed by atoms with E-state index in [9.17, 15) is 5.11 Å². The zero-order valence-electron chi connectivity index (χ0n) is 16.2. The van der Waals surface area contributed by atoms with Gasteiger partial charge in [-0.15, -0.1) is 24.0 Å². The van der Waals surface area contributed by atoms with Gasteiger partial charge in [-0.05, 0) is 38.5 Å². The molecule has 0 amide bonds. The van der Waals surface area contributed by atoms with Gasteiger partial charge in [0, 0.05) is 24.0 Å². The van der Waals surface area contributed by atoms with Crippen molar-refractivity contribution >= 4 is 29.9 Å². The third-order valence-corrected chi connectivity index (χ3v) is 5.39. The van der Waals surface area contributed by atoms with Crippen molar-refractivity contribution in [3.63, 3.8) is 0 Å². The largest absolute Gasteiger partial charge is 0.497 e. The second-order valence-electron chi connectivity index (χ2n) is 7.51. The molecule has 1 aromatic carbocycles. The Bertz CT molecular complexity index is 585. The van der Waals surface area contributed by atoms with Crippen molar-refractivity contribution in [3.8, 4) is 5.75 Å². The molecule has 1 atom stereocenters. The summed E-state index contributed by atoms with van der Waals surface area (Å²) in [5, 5.41) is 13.8. The Labute approximate surface area is 168 Å². The molecule has 1 unspecified atom stereocenters. The van der Waals surface area contributed by atoms with Crippen LogP contribution in [0.3, 0.4) is 0 Å². The summed E-state index contributed by atoms with van der Waals surface area (Å²) in [6, 6.07) is 7.47. The summed E-state index contributed by atoms with van der Waals surface area (Å²) in [6.07, 6.45) is -0.623. The van der Waals surface area contributed by atoms with E-state index >= 15 is 0 Å². The number of aliphatic imine (C=N–C) groups is 1. The molecule has 25 heavy (non-hydrogen) atoms. The van der Waals surface area contributed by atoms with E-state index in [1.54, 1.807) is 7.11 Å². The van der Waals surface area contributed by atoms with Crippen LogP contribution in [0.25, 0.3) is 0 Å². The Morgan fingerprint density at radius 2 is 1.88 bits per heavy atom. The van der Waals surface area contributed by atoms with E-state index in [-0.39, 0.29) is 34.9 Å². The van der Waals surface area contributed by atoms with E-state index in [0.29, 0.717) is 6.54 Å². The molecule has 0 aliphatic carbocycles. The van der Waals surface area contributed by atoms with Gasteiger partial charge in [0.05, 0.1) is 19.8 Å². The highest BCUT2D eigenvalue weighted by atomic mass is 127. The molecule has 2 N–H and O–H groups in total. The van der Waals surface area contributed by atoms with Crippen LogP contribution in [-0.4, -0.2) is 48.2 Å². The number of benzene rings is 1. The highest BCUT2D eigenvalue weighted by Crippen LogP contribution is 2.46. The van der Waals surface area contributed by atoms with Gasteiger partial charge in [-0.1, -0.05) is 26.0 Å². The number of nitrogens with zero attached hydrogens (tertiary/aromatic N) is 2. The van der Waals surface area contributed by atoms with Crippen LogP contribution in [0.4, 0.5) is 0 Å². The molecule has 2 rings (SSSR count). The van der Waals surface area contributed by atoms with E-state index in [0.717, 1.165) is 30.4 Å². The van der Waals surface area contributed by atoms with Crippen molar-refractivity contribution in [1.29, 1.82) is 0 Å². The van der Waals surface area contributed by atoms with Crippen molar-refractivity contribution in [2.75, 3.05) is 26.7 Å². The molecule has 1 saturated heterocycles. The first kappa shape index (κ1) is 22.0. The number of halogens is 1. The fraction of sp³-hybridized carbons (Fsp3) is 0.632. The van der Waals surface area contributed by atoms with Crippen LogP contribution in [0.1, 0.15) is 46.3 Å². The highest BCUT2D eigenvalue weighted by Gasteiger charge is 2.53. The molecule has 1 heterocycles. The van der Waals surface area contributed by atoms with Gasteiger partial charge in [0.2, 0.25) is 0 Å². The molecular formula is C19H32IN3O2. The average molecular weight is 461 g/mol. The van der Waals surface area contributed by atoms with E-state index in [4.69, 9.17) is 4.74 Å². The highest BCUT2D eigenvalue weighted by molar-refractivity contribution is 14.0. The van der Waals surface area contributed by atoms with Crippen LogP contribution >= 0.6 is 24.0 Å². The lowest BCUT2D eigenvalue weighted by molar-refractivity contribution is -0.0668. The van der Waals surface area contributed by atoms with Crippen LogP contribution in [0.5, 0.6) is 5.75 Å². The predicted octanol–water partition coefficient (Wildman–Crippen LogP) is 3.43. The first-order valence-corrected chi connectivity index (χ1v) is 8.61. The van der Waals surface area contributed by atoms with Crippen LogP contribution < -0.4 is 10.1 Å². The van der Waals surface area contributed by atoms with Gasteiger partial charge >= 0.3 is 0 Å². The van der Waals surface area contributed by atoms with Crippen molar-refractivity contribution in [2.24, 2.45) is 10.4 Å². The molecule has 0 saturated carbocycles. The summed E-state index contributed by atoms with van der Waals surface area (Å²) in [6.45, 7) is 13.2. The van der Waals surface area contributed by atoms with Crippen molar-refractivity contribution < 1.29 is 9.84 Å². The second-order valence-corrected chi connectivity index (χ2v) is 7.51. The fourth-order valence-electron chi connectivity index (χ4n) is 2.90. The molecule has 5 nitrogen and oxygen atoms in total. The molecule has 6 heteroatoms. The van der Waals surface area contributed by atoms with Gasteiger partial charge in [-0.25, -0.2) is 0 Å².